The number of nitrogen functional groups attached to an aromatic ring is 1. The fourth-order valence-corrected chi connectivity index (χ4v) is 2.92. The van der Waals surface area contributed by atoms with Crippen LogP contribution < -0.4 is 15.8 Å². The maximum atomic E-state index is 9.46. The smallest absolute Gasteiger partial charge is 0.144 e. The van der Waals surface area contributed by atoms with Gasteiger partial charge in [0.2, 0.25) is 0 Å². The number of aromatic nitrogens is 2. The number of ether oxygens (including phenoxy) is 2. The molecule has 3 heterocycles. The highest BCUT2D eigenvalue weighted by molar-refractivity contribution is 5.98. The number of nitrogens with zero attached hydrogens (tertiary/aromatic N) is 3. The van der Waals surface area contributed by atoms with Crippen LogP contribution in [0.15, 0.2) is 42.9 Å². The van der Waals surface area contributed by atoms with Crippen molar-refractivity contribution >= 4 is 28.0 Å². The normalized spacial score (nSPS) is 16.3. The second kappa shape index (κ2) is 6.86. The Hall–Kier alpha value is -3.37. The maximum absolute atomic E-state index is 9.46. The highest BCUT2D eigenvalue weighted by atomic mass is 16.5. The van der Waals surface area contributed by atoms with Crippen LogP contribution in [0.25, 0.3) is 10.9 Å². The molecule has 1 fully saturated rings. The number of pyridine rings is 2. The SMILES string of the molecule is N#Cc1cnc2cc(OC3CCOC3)c(N)cc2c1Nc1ccncc1. The molecule has 3 aromatic rings. The van der Waals surface area contributed by atoms with Crippen molar-refractivity contribution in [2.75, 3.05) is 24.3 Å². The predicted molar refractivity (Wildman–Crippen MR) is 98.2 cm³/mol. The highest BCUT2D eigenvalue weighted by Crippen LogP contribution is 2.35. The Labute approximate surface area is 150 Å². The van der Waals surface area contributed by atoms with Crippen molar-refractivity contribution in [3.05, 3.63) is 48.4 Å². The van der Waals surface area contributed by atoms with E-state index >= 15 is 0 Å². The van der Waals surface area contributed by atoms with E-state index in [2.05, 4.69) is 21.4 Å². The third-order valence-corrected chi connectivity index (χ3v) is 4.25. The van der Waals surface area contributed by atoms with Crippen molar-refractivity contribution in [2.24, 2.45) is 0 Å². The quantitative estimate of drug-likeness (QED) is 0.699. The molecule has 7 heteroatoms. The van der Waals surface area contributed by atoms with Crippen molar-refractivity contribution in [3.8, 4) is 11.8 Å². The van der Waals surface area contributed by atoms with E-state index < -0.39 is 0 Å². The summed E-state index contributed by atoms with van der Waals surface area (Å²) in [5.74, 6) is 0.583. The minimum atomic E-state index is 0.00236. The van der Waals surface area contributed by atoms with Gasteiger partial charge in [0.25, 0.3) is 0 Å². The number of benzene rings is 1. The summed E-state index contributed by atoms with van der Waals surface area (Å²) in [7, 11) is 0. The van der Waals surface area contributed by atoms with Gasteiger partial charge < -0.3 is 20.5 Å². The minimum absolute atomic E-state index is 0.00236. The van der Waals surface area contributed by atoms with Gasteiger partial charge in [0, 0.05) is 42.2 Å². The van der Waals surface area contributed by atoms with E-state index in [0.29, 0.717) is 41.4 Å². The molecule has 2 aromatic heterocycles. The topological polar surface area (TPSA) is 106 Å². The van der Waals surface area contributed by atoms with Crippen LogP contribution in [0.2, 0.25) is 0 Å². The van der Waals surface area contributed by atoms with Gasteiger partial charge in [-0.1, -0.05) is 0 Å². The lowest BCUT2D eigenvalue weighted by Gasteiger charge is -2.16. The molecule has 1 aliphatic rings. The summed E-state index contributed by atoms with van der Waals surface area (Å²) in [4.78, 5) is 8.39. The first-order valence-electron chi connectivity index (χ1n) is 8.28. The van der Waals surface area contributed by atoms with Crippen LogP contribution in [0.4, 0.5) is 17.1 Å². The fraction of sp³-hybridized carbons (Fsp3) is 0.211. The number of rotatable bonds is 4. The third-order valence-electron chi connectivity index (χ3n) is 4.25. The average Bonchev–Trinajstić information content (AvgIpc) is 3.17. The molecule has 3 N–H and O–H groups in total. The van der Waals surface area contributed by atoms with Gasteiger partial charge in [-0.25, -0.2) is 0 Å². The number of hydrogen-bond acceptors (Lipinski definition) is 7. The maximum Gasteiger partial charge on any atom is 0.144 e. The molecular formula is C19H17N5O2. The van der Waals surface area contributed by atoms with Crippen molar-refractivity contribution < 1.29 is 9.47 Å². The zero-order chi connectivity index (χ0) is 17.9. The second-order valence-corrected chi connectivity index (χ2v) is 6.03. The van der Waals surface area contributed by atoms with Crippen molar-refractivity contribution in [1.29, 1.82) is 5.26 Å². The fourth-order valence-electron chi connectivity index (χ4n) is 2.92. The summed E-state index contributed by atoms with van der Waals surface area (Å²) in [5, 5.41) is 13.5. The van der Waals surface area contributed by atoms with Crippen molar-refractivity contribution in [3.63, 3.8) is 0 Å². The Kier molecular flexibility index (Phi) is 4.25. The van der Waals surface area contributed by atoms with Gasteiger partial charge in [0.1, 0.15) is 17.9 Å². The summed E-state index contributed by atoms with van der Waals surface area (Å²) >= 11 is 0. The van der Waals surface area contributed by atoms with Crippen LogP contribution in [0.5, 0.6) is 5.75 Å². The molecule has 0 aliphatic carbocycles. The molecule has 130 valence electrons. The van der Waals surface area contributed by atoms with Crippen LogP contribution >= 0.6 is 0 Å². The monoisotopic (exact) mass is 347 g/mol. The van der Waals surface area contributed by atoms with Crippen LogP contribution in [-0.2, 0) is 4.74 Å². The standard InChI is InChI=1S/C19H17N5O2/c20-9-12-10-23-17-8-18(26-14-3-6-25-11-14)16(21)7-15(17)19(12)24-13-1-4-22-5-2-13/h1-2,4-5,7-8,10,14H,3,6,11,21H2,(H,22,23,24). The van der Waals surface area contributed by atoms with Gasteiger partial charge in [0.05, 0.1) is 35.7 Å². The molecule has 4 rings (SSSR count). The summed E-state index contributed by atoms with van der Waals surface area (Å²) in [6, 6.07) is 9.42. The molecule has 1 aliphatic heterocycles. The minimum Gasteiger partial charge on any atom is -0.486 e. The lowest BCUT2D eigenvalue weighted by molar-refractivity contribution is 0.142. The Morgan fingerprint density at radius 1 is 1.31 bits per heavy atom. The highest BCUT2D eigenvalue weighted by Gasteiger charge is 2.19. The first kappa shape index (κ1) is 16.1. The first-order chi connectivity index (χ1) is 12.7. The molecule has 26 heavy (non-hydrogen) atoms. The Morgan fingerprint density at radius 2 is 2.15 bits per heavy atom. The van der Waals surface area contributed by atoms with Gasteiger partial charge in [-0.15, -0.1) is 0 Å². The van der Waals surface area contributed by atoms with E-state index in [1.54, 1.807) is 24.7 Å². The van der Waals surface area contributed by atoms with Crippen LogP contribution in [-0.4, -0.2) is 29.3 Å². The summed E-state index contributed by atoms with van der Waals surface area (Å²) in [5.41, 5.74) is 9.32. The second-order valence-electron chi connectivity index (χ2n) is 6.03. The number of nitrogens with two attached hydrogens (primary N) is 1. The summed E-state index contributed by atoms with van der Waals surface area (Å²) < 4.78 is 11.3. The molecule has 0 bridgehead atoms. The van der Waals surface area contributed by atoms with Gasteiger partial charge in [-0.2, -0.15) is 5.26 Å². The number of hydrogen-bond donors (Lipinski definition) is 2. The first-order valence-corrected chi connectivity index (χ1v) is 8.28. The number of fused-ring (bicyclic) bond motifs is 1. The summed E-state index contributed by atoms with van der Waals surface area (Å²) in [6.07, 6.45) is 5.75. The number of nitrogens with one attached hydrogen (secondary N) is 1. The molecule has 0 saturated carbocycles. The van der Waals surface area contributed by atoms with E-state index in [1.807, 2.05) is 18.2 Å². The van der Waals surface area contributed by atoms with Crippen LogP contribution in [0.3, 0.4) is 0 Å². The van der Waals surface area contributed by atoms with Gasteiger partial charge in [-0.3, -0.25) is 9.97 Å². The third kappa shape index (κ3) is 3.10. The molecule has 1 atom stereocenters. The average molecular weight is 347 g/mol. The van der Waals surface area contributed by atoms with Crippen molar-refractivity contribution in [2.45, 2.75) is 12.5 Å². The molecule has 1 unspecified atom stereocenters. The van der Waals surface area contributed by atoms with Crippen LogP contribution in [0.1, 0.15) is 12.0 Å². The van der Waals surface area contributed by atoms with E-state index in [1.165, 1.54) is 0 Å². The lowest BCUT2D eigenvalue weighted by atomic mass is 10.1. The Morgan fingerprint density at radius 3 is 2.88 bits per heavy atom. The van der Waals surface area contributed by atoms with Crippen molar-refractivity contribution in [1.82, 2.24) is 9.97 Å². The van der Waals surface area contributed by atoms with E-state index in [4.69, 9.17) is 15.2 Å². The lowest BCUT2D eigenvalue weighted by Crippen LogP contribution is -2.16. The van der Waals surface area contributed by atoms with E-state index in [9.17, 15) is 5.26 Å². The van der Waals surface area contributed by atoms with E-state index in [0.717, 1.165) is 17.5 Å². The molecule has 0 spiro atoms. The predicted octanol–water partition coefficient (Wildman–Crippen LogP) is 2.99. The van der Waals surface area contributed by atoms with Crippen LogP contribution in [0, 0.1) is 11.3 Å². The van der Waals surface area contributed by atoms with Gasteiger partial charge >= 0.3 is 0 Å². The van der Waals surface area contributed by atoms with Gasteiger partial charge in [-0.05, 0) is 18.2 Å². The molecule has 1 aromatic carbocycles. The molecular weight excluding hydrogens is 330 g/mol. The number of nitriles is 1. The largest absolute Gasteiger partial charge is 0.486 e. The Balaban J connectivity index is 1.77. The van der Waals surface area contributed by atoms with Gasteiger partial charge in [0.15, 0.2) is 0 Å². The zero-order valence-corrected chi connectivity index (χ0v) is 14.0. The molecule has 7 nitrogen and oxygen atoms in total. The van der Waals surface area contributed by atoms with E-state index in [-0.39, 0.29) is 6.10 Å². The summed E-state index contributed by atoms with van der Waals surface area (Å²) in [6.45, 7) is 1.26. The molecule has 0 amide bonds. The number of anilines is 3. The Bertz CT molecular complexity index is 979. The zero-order valence-electron chi connectivity index (χ0n) is 14.0. The molecule has 1 saturated heterocycles. The molecule has 0 radical (unpaired) electrons.